The van der Waals surface area contributed by atoms with Gasteiger partial charge in [0, 0.05) is 5.56 Å². The van der Waals surface area contributed by atoms with E-state index in [9.17, 15) is 4.39 Å². The van der Waals surface area contributed by atoms with Gasteiger partial charge in [0.25, 0.3) is 0 Å². The van der Waals surface area contributed by atoms with E-state index in [4.69, 9.17) is 5.26 Å². The highest BCUT2D eigenvalue weighted by atomic mass is 19.1. The Kier molecular flexibility index (Phi) is 1.86. The van der Waals surface area contributed by atoms with E-state index in [1.54, 1.807) is 26.0 Å². The van der Waals surface area contributed by atoms with Gasteiger partial charge in [-0.2, -0.15) is 9.65 Å². The summed E-state index contributed by atoms with van der Waals surface area (Å²) in [4.78, 5) is 3.42. The summed E-state index contributed by atoms with van der Waals surface area (Å²) in [6, 6.07) is 3.35. The summed E-state index contributed by atoms with van der Waals surface area (Å²) in [5.41, 5.74) is 1.39. The van der Waals surface area contributed by atoms with Gasteiger partial charge in [-0.3, -0.25) is 0 Å². The molecule has 0 radical (unpaired) electrons. The molecule has 2 nitrogen and oxygen atoms in total. The highest BCUT2D eigenvalue weighted by Gasteiger charge is 2.03. The molecule has 0 bridgehead atoms. The lowest BCUT2D eigenvalue weighted by Crippen LogP contribution is -1.94. The number of pyridine rings is 1. The average Bonchev–Trinajstić information content (AvgIpc) is 1.99. The first-order valence-electron chi connectivity index (χ1n) is 3.19. The minimum atomic E-state index is -0.554. The molecule has 0 aliphatic heterocycles. The van der Waals surface area contributed by atoms with Crippen molar-refractivity contribution in [3.8, 4) is 6.07 Å². The van der Waals surface area contributed by atoms with E-state index >= 15 is 0 Å². The van der Waals surface area contributed by atoms with E-state index < -0.39 is 5.95 Å². The zero-order valence-electron chi connectivity index (χ0n) is 6.35. The van der Waals surface area contributed by atoms with Crippen LogP contribution in [0.25, 0.3) is 0 Å². The average molecular weight is 150 g/mol. The van der Waals surface area contributed by atoms with E-state index in [0.29, 0.717) is 5.56 Å². The van der Waals surface area contributed by atoms with E-state index in [2.05, 4.69) is 4.98 Å². The van der Waals surface area contributed by atoms with Crippen LogP contribution in [0.5, 0.6) is 0 Å². The lowest BCUT2D eigenvalue weighted by molar-refractivity contribution is 0.571. The zero-order valence-corrected chi connectivity index (χ0v) is 6.35. The highest BCUT2D eigenvalue weighted by Crippen LogP contribution is 2.09. The number of nitriles is 1. The first kappa shape index (κ1) is 7.67. The topological polar surface area (TPSA) is 36.7 Å². The molecule has 0 aliphatic rings. The number of aryl methyl sites for hydroxylation is 1. The van der Waals surface area contributed by atoms with Crippen LogP contribution in [0.15, 0.2) is 6.07 Å². The van der Waals surface area contributed by atoms with Crippen LogP contribution in [0.4, 0.5) is 4.39 Å². The summed E-state index contributed by atoms with van der Waals surface area (Å²) in [6.07, 6.45) is 0. The maximum atomic E-state index is 12.8. The molecule has 0 spiro atoms. The third kappa shape index (κ3) is 1.35. The number of hydrogen-bond acceptors (Lipinski definition) is 2. The molecule has 1 heterocycles. The van der Waals surface area contributed by atoms with E-state index in [1.807, 2.05) is 0 Å². The molecule has 1 rings (SSSR count). The summed E-state index contributed by atoms with van der Waals surface area (Å²) >= 11 is 0. The Balaban J connectivity index is 3.35. The lowest BCUT2D eigenvalue weighted by atomic mass is 10.1. The van der Waals surface area contributed by atoms with Crippen molar-refractivity contribution in [2.75, 3.05) is 0 Å². The van der Waals surface area contributed by atoms with Crippen molar-refractivity contribution in [1.82, 2.24) is 4.98 Å². The number of aromatic nitrogens is 1. The molecule has 0 aromatic carbocycles. The van der Waals surface area contributed by atoms with Crippen LogP contribution in [0.3, 0.4) is 0 Å². The van der Waals surface area contributed by atoms with E-state index in [0.717, 1.165) is 5.56 Å². The van der Waals surface area contributed by atoms with Gasteiger partial charge < -0.3 is 0 Å². The van der Waals surface area contributed by atoms with Gasteiger partial charge in [0.2, 0.25) is 5.95 Å². The van der Waals surface area contributed by atoms with Crippen molar-refractivity contribution in [3.63, 3.8) is 0 Å². The quantitative estimate of drug-likeness (QED) is 0.528. The second-order valence-corrected chi connectivity index (χ2v) is 2.35. The fourth-order valence-electron chi connectivity index (χ4n) is 0.755. The van der Waals surface area contributed by atoms with Gasteiger partial charge in [-0.15, -0.1) is 0 Å². The molecule has 11 heavy (non-hydrogen) atoms. The number of hydrogen-bond donors (Lipinski definition) is 0. The fourth-order valence-corrected chi connectivity index (χ4v) is 0.755. The van der Waals surface area contributed by atoms with E-state index in [1.165, 1.54) is 0 Å². The van der Waals surface area contributed by atoms with Crippen molar-refractivity contribution in [2.24, 2.45) is 0 Å². The Morgan fingerprint density at radius 1 is 1.55 bits per heavy atom. The van der Waals surface area contributed by atoms with Gasteiger partial charge in [-0.05, 0) is 25.5 Å². The van der Waals surface area contributed by atoms with Crippen molar-refractivity contribution >= 4 is 0 Å². The van der Waals surface area contributed by atoms with Crippen LogP contribution in [-0.2, 0) is 0 Å². The van der Waals surface area contributed by atoms with Gasteiger partial charge in [0.1, 0.15) is 11.8 Å². The number of rotatable bonds is 0. The van der Waals surface area contributed by atoms with Crippen LogP contribution in [-0.4, -0.2) is 4.98 Å². The Hall–Kier alpha value is -1.43. The predicted molar refractivity (Wildman–Crippen MR) is 38.4 cm³/mol. The second-order valence-electron chi connectivity index (χ2n) is 2.35. The molecule has 56 valence electrons. The molecular weight excluding hydrogens is 143 g/mol. The minimum Gasteiger partial charge on any atom is -0.209 e. The predicted octanol–water partition coefficient (Wildman–Crippen LogP) is 1.71. The molecule has 0 atom stereocenters. The van der Waals surface area contributed by atoms with Crippen LogP contribution in [0, 0.1) is 31.1 Å². The molecule has 0 saturated carbocycles. The molecule has 1 aromatic heterocycles. The SMILES string of the molecule is Cc1cc(C#N)nc(F)c1C. The van der Waals surface area contributed by atoms with Gasteiger partial charge >= 0.3 is 0 Å². The lowest BCUT2D eigenvalue weighted by Gasteiger charge is -1.99. The summed E-state index contributed by atoms with van der Waals surface area (Å²) in [6.45, 7) is 3.39. The molecule has 0 amide bonds. The second kappa shape index (κ2) is 2.67. The Labute approximate surface area is 64.3 Å². The third-order valence-corrected chi connectivity index (χ3v) is 1.59. The monoisotopic (exact) mass is 150 g/mol. The molecular formula is C8H7FN2. The van der Waals surface area contributed by atoms with Crippen molar-refractivity contribution < 1.29 is 4.39 Å². The van der Waals surface area contributed by atoms with Crippen LogP contribution in [0.2, 0.25) is 0 Å². The van der Waals surface area contributed by atoms with Crippen LogP contribution >= 0.6 is 0 Å². The van der Waals surface area contributed by atoms with Gasteiger partial charge in [-0.25, -0.2) is 4.98 Å². The molecule has 1 aromatic rings. The maximum absolute atomic E-state index is 12.8. The maximum Gasteiger partial charge on any atom is 0.217 e. The first-order chi connectivity index (χ1) is 5.15. The number of halogens is 1. The van der Waals surface area contributed by atoms with Crippen LogP contribution in [0.1, 0.15) is 16.8 Å². The largest absolute Gasteiger partial charge is 0.217 e. The Bertz CT molecular complexity index is 302. The summed E-state index contributed by atoms with van der Waals surface area (Å²) in [5, 5.41) is 8.40. The molecule has 0 unspecified atom stereocenters. The minimum absolute atomic E-state index is 0.130. The third-order valence-electron chi connectivity index (χ3n) is 1.59. The van der Waals surface area contributed by atoms with Crippen molar-refractivity contribution in [1.29, 1.82) is 5.26 Å². The summed E-state index contributed by atoms with van der Waals surface area (Å²) in [5.74, 6) is -0.554. The van der Waals surface area contributed by atoms with E-state index in [-0.39, 0.29) is 5.69 Å². The Morgan fingerprint density at radius 2 is 2.18 bits per heavy atom. The van der Waals surface area contributed by atoms with Crippen molar-refractivity contribution in [3.05, 3.63) is 28.8 Å². The van der Waals surface area contributed by atoms with Gasteiger partial charge in [-0.1, -0.05) is 0 Å². The van der Waals surface area contributed by atoms with Crippen molar-refractivity contribution in [2.45, 2.75) is 13.8 Å². The van der Waals surface area contributed by atoms with Crippen LogP contribution < -0.4 is 0 Å². The molecule has 3 heteroatoms. The van der Waals surface area contributed by atoms with Gasteiger partial charge in [0.15, 0.2) is 0 Å². The van der Waals surface area contributed by atoms with Gasteiger partial charge in [0.05, 0.1) is 0 Å². The molecule has 0 N–H and O–H groups in total. The Morgan fingerprint density at radius 3 is 2.64 bits per heavy atom. The standard InChI is InChI=1S/C8H7FN2/c1-5-3-7(4-10)11-8(9)6(5)2/h3H,1-2H3. The fraction of sp³-hybridized carbons (Fsp3) is 0.250. The normalized spacial score (nSPS) is 9.27. The summed E-state index contributed by atoms with van der Waals surface area (Å²) in [7, 11) is 0. The molecule has 0 aliphatic carbocycles. The zero-order chi connectivity index (χ0) is 8.43. The number of nitrogens with zero attached hydrogens (tertiary/aromatic N) is 2. The summed E-state index contributed by atoms with van der Waals surface area (Å²) < 4.78 is 12.8. The molecule has 0 saturated heterocycles. The first-order valence-corrected chi connectivity index (χ1v) is 3.19. The smallest absolute Gasteiger partial charge is 0.209 e. The molecule has 0 fully saturated rings. The highest BCUT2D eigenvalue weighted by molar-refractivity contribution is 5.30.